The molecule has 58 valence electrons. The van der Waals surface area contributed by atoms with Gasteiger partial charge in [0.15, 0.2) is 0 Å². The first kappa shape index (κ1) is 8.12. The summed E-state index contributed by atoms with van der Waals surface area (Å²) in [5.41, 5.74) is 0. The minimum atomic E-state index is 0.730. The molecule has 1 nitrogen and oxygen atoms in total. The average molecular weight is 157 g/mol. The molecule has 0 unspecified atom stereocenters. The van der Waals surface area contributed by atoms with Crippen molar-refractivity contribution in [3.05, 3.63) is 0 Å². The molecular formula is C8H15NS. The number of thioether (sulfide) groups is 1. The molecule has 1 aliphatic heterocycles. The Kier molecular flexibility index (Phi) is 2.78. The number of rotatable bonds is 2. The molecule has 0 saturated heterocycles. The van der Waals surface area contributed by atoms with Gasteiger partial charge in [0.2, 0.25) is 0 Å². The molecule has 0 bridgehead atoms. The maximum atomic E-state index is 4.44. The zero-order valence-electron chi connectivity index (χ0n) is 6.92. The predicted octanol–water partition coefficient (Wildman–Crippen LogP) is 2.57. The Labute approximate surface area is 67.3 Å². The van der Waals surface area contributed by atoms with Gasteiger partial charge in [-0.25, -0.2) is 0 Å². The Morgan fingerprint density at radius 3 is 2.80 bits per heavy atom. The summed E-state index contributed by atoms with van der Waals surface area (Å²) in [6.45, 7) is 7.76. The van der Waals surface area contributed by atoms with E-state index in [9.17, 15) is 0 Å². The summed E-state index contributed by atoms with van der Waals surface area (Å²) in [4.78, 5) is 4.44. The third-order valence-corrected chi connectivity index (χ3v) is 2.56. The van der Waals surface area contributed by atoms with E-state index < -0.39 is 0 Å². The first-order valence-corrected chi connectivity index (χ1v) is 4.76. The average Bonchev–Trinajstić information content (AvgIpc) is 2.13. The molecule has 10 heavy (non-hydrogen) atoms. The lowest BCUT2D eigenvalue weighted by molar-refractivity contribution is 0.688. The van der Waals surface area contributed by atoms with Crippen LogP contribution in [-0.4, -0.2) is 16.8 Å². The third-order valence-electron chi connectivity index (χ3n) is 1.44. The number of hydrogen-bond acceptors (Lipinski definition) is 2. The normalized spacial score (nSPS) is 25.6. The zero-order valence-corrected chi connectivity index (χ0v) is 7.74. The summed E-state index contributed by atoms with van der Waals surface area (Å²) in [5.74, 6) is 0.761. The topological polar surface area (TPSA) is 12.4 Å². The predicted molar refractivity (Wildman–Crippen MR) is 48.8 cm³/mol. The van der Waals surface area contributed by atoms with Crippen LogP contribution in [0.25, 0.3) is 0 Å². The van der Waals surface area contributed by atoms with Gasteiger partial charge in [0.1, 0.15) is 0 Å². The maximum absolute atomic E-state index is 4.44. The van der Waals surface area contributed by atoms with Crippen molar-refractivity contribution in [3.8, 4) is 0 Å². The summed E-state index contributed by atoms with van der Waals surface area (Å²) in [5, 5.41) is 2.09. The van der Waals surface area contributed by atoms with Crippen molar-refractivity contribution in [3.63, 3.8) is 0 Å². The molecule has 0 aromatic carbocycles. The van der Waals surface area contributed by atoms with Crippen LogP contribution in [0.2, 0.25) is 0 Å². The van der Waals surface area contributed by atoms with Gasteiger partial charge in [-0.3, -0.25) is 4.99 Å². The van der Waals surface area contributed by atoms with E-state index in [1.165, 1.54) is 11.5 Å². The second kappa shape index (κ2) is 3.42. The quantitative estimate of drug-likeness (QED) is 0.600. The Balaban J connectivity index is 2.30. The monoisotopic (exact) mass is 157 g/mol. The molecule has 1 atom stereocenters. The number of nitrogens with zero attached hydrogens (tertiary/aromatic N) is 1. The smallest absolute Gasteiger partial charge is 0.0682 e. The van der Waals surface area contributed by atoms with Crippen LogP contribution in [0.5, 0.6) is 0 Å². The van der Waals surface area contributed by atoms with Crippen molar-refractivity contribution in [2.24, 2.45) is 10.9 Å². The number of aliphatic imine (C=N–C) groups is 1. The lowest BCUT2D eigenvalue weighted by Gasteiger charge is -2.03. The first-order chi connectivity index (χ1) is 4.68. The van der Waals surface area contributed by atoms with Gasteiger partial charge in [0.25, 0.3) is 0 Å². The summed E-state index contributed by atoms with van der Waals surface area (Å²) in [6.07, 6.45) is 1.18. The summed E-state index contributed by atoms with van der Waals surface area (Å²) < 4.78 is 0. The number of hydrogen-bond donors (Lipinski definition) is 0. The molecule has 1 heterocycles. The van der Waals surface area contributed by atoms with Crippen LogP contribution < -0.4 is 0 Å². The minimum Gasteiger partial charge on any atom is -0.282 e. The molecule has 1 aliphatic rings. The van der Waals surface area contributed by atoms with E-state index in [1.807, 2.05) is 11.8 Å². The second-order valence-corrected chi connectivity index (χ2v) is 4.77. The van der Waals surface area contributed by atoms with Crippen molar-refractivity contribution in [2.45, 2.75) is 32.4 Å². The van der Waals surface area contributed by atoms with Gasteiger partial charge in [-0.1, -0.05) is 20.8 Å². The van der Waals surface area contributed by atoms with Crippen LogP contribution in [0, 0.1) is 5.92 Å². The molecule has 0 aliphatic carbocycles. The molecule has 0 N–H and O–H groups in total. The van der Waals surface area contributed by atoms with Gasteiger partial charge >= 0.3 is 0 Å². The molecule has 2 heteroatoms. The van der Waals surface area contributed by atoms with E-state index in [1.54, 1.807) is 0 Å². The third kappa shape index (κ3) is 2.33. The van der Waals surface area contributed by atoms with Crippen molar-refractivity contribution in [1.29, 1.82) is 0 Å². The van der Waals surface area contributed by atoms with Crippen molar-refractivity contribution < 1.29 is 0 Å². The van der Waals surface area contributed by atoms with Crippen LogP contribution >= 0.6 is 11.8 Å². The SMILES string of the molecule is CC(C)CC1=NC[C@H](C)S1. The minimum absolute atomic E-state index is 0.730. The van der Waals surface area contributed by atoms with Crippen molar-refractivity contribution >= 4 is 16.8 Å². The highest BCUT2D eigenvalue weighted by Crippen LogP contribution is 2.24. The fourth-order valence-electron chi connectivity index (χ4n) is 0.999. The van der Waals surface area contributed by atoms with Crippen LogP contribution in [0.1, 0.15) is 27.2 Å². The standard InChI is InChI=1S/C8H15NS/c1-6(2)4-8-9-5-7(3)10-8/h6-7H,4-5H2,1-3H3/t7-/m0/s1. The molecule has 0 fully saturated rings. The van der Waals surface area contributed by atoms with Crippen molar-refractivity contribution in [1.82, 2.24) is 0 Å². The van der Waals surface area contributed by atoms with Gasteiger partial charge in [-0.2, -0.15) is 0 Å². The second-order valence-electron chi connectivity index (χ2n) is 3.26. The molecular weight excluding hydrogens is 142 g/mol. The van der Waals surface area contributed by atoms with Gasteiger partial charge in [0, 0.05) is 5.25 Å². The molecule has 0 spiro atoms. The van der Waals surface area contributed by atoms with E-state index >= 15 is 0 Å². The van der Waals surface area contributed by atoms with E-state index in [-0.39, 0.29) is 0 Å². The van der Waals surface area contributed by atoms with Gasteiger partial charge < -0.3 is 0 Å². The van der Waals surface area contributed by atoms with E-state index in [2.05, 4.69) is 25.8 Å². The van der Waals surface area contributed by atoms with Gasteiger partial charge in [0.05, 0.1) is 11.6 Å². The lowest BCUT2D eigenvalue weighted by Crippen LogP contribution is -1.97. The van der Waals surface area contributed by atoms with E-state index in [4.69, 9.17) is 0 Å². The van der Waals surface area contributed by atoms with Gasteiger partial charge in [-0.15, -0.1) is 11.8 Å². The zero-order chi connectivity index (χ0) is 7.56. The van der Waals surface area contributed by atoms with E-state index in [0.717, 1.165) is 17.7 Å². The summed E-state index contributed by atoms with van der Waals surface area (Å²) in [7, 11) is 0. The lowest BCUT2D eigenvalue weighted by atomic mass is 10.1. The molecule has 0 radical (unpaired) electrons. The Morgan fingerprint density at radius 1 is 1.70 bits per heavy atom. The Morgan fingerprint density at radius 2 is 2.40 bits per heavy atom. The fraction of sp³-hybridized carbons (Fsp3) is 0.875. The van der Waals surface area contributed by atoms with Crippen LogP contribution in [0.3, 0.4) is 0 Å². The molecule has 0 aromatic rings. The summed E-state index contributed by atoms with van der Waals surface area (Å²) >= 11 is 1.94. The van der Waals surface area contributed by atoms with Crippen molar-refractivity contribution in [2.75, 3.05) is 6.54 Å². The van der Waals surface area contributed by atoms with Gasteiger partial charge in [-0.05, 0) is 12.3 Å². The first-order valence-electron chi connectivity index (χ1n) is 3.88. The Hall–Kier alpha value is 0.0200. The van der Waals surface area contributed by atoms with E-state index in [0.29, 0.717) is 0 Å². The Bertz CT molecular complexity index is 140. The highest BCUT2D eigenvalue weighted by molar-refractivity contribution is 8.14. The van der Waals surface area contributed by atoms with Crippen LogP contribution in [0.15, 0.2) is 4.99 Å². The summed E-state index contributed by atoms with van der Waals surface area (Å²) in [6, 6.07) is 0. The van der Waals surface area contributed by atoms with Crippen LogP contribution in [-0.2, 0) is 0 Å². The highest BCUT2D eigenvalue weighted by atomic mass is 32.2. The van der Waals surface area contributed by atoms with Crippen LogP contribution in [0.4, 0.5) is 0 Å². The highest BCUT2D eigenvalue weighted by Gasteiger charge is 2.14. The fourth-order valence-corrected chi connectivity index (χ4v) is 2.19. The molecule has 0 saturated carbocycles. The molecule has 0 aromatic heterocycles. The maximum Gasteiger partial charge on any atom is 0.0682 e. The molecule has 0 amide bonds. The largest absolute Gasteiger partial charge is 0.282 e. The molecule has 1 rings (SSSR count).